The molecule has 0 atom stereocenters. The molecule has 236 valence electrons. The van der Waals surface area contributed by atoms with E-state index in [0.29, 0.717) is 51.9 Å². The Kier molecular flexibility index (Phi) is 17.0. The largest absolute Gasteiger partial charge is 0.504 e. The molecule has 0 spiro atoms. The predicted molar refractivity (Wildman–Crippen MR) is 167 cm³/mol. The van der Waals surface area contributed by atoms with Crippen LogP contribution in [0, 0.1) is 0 Å². The van der Waals surface area contributed by atoms with Gasteiger partial charge in [0.05, 0.1) is 0 Å². The monoisotopic (exact) mass is 608 g/mol. The van der Waals surface area contributed by atoms with E-state index in [-0.39, 0.29) is 23.0 Å². The normalized spacial score (nSPS) is 13.5. The third kappa shape index (κ3) is 13.9. The summed E-state index contributed by atoms with van der Waals surface area (Å²) in [6, 6.07) is 9.43. The summed E-state index contributed by atoms with van der Waals surface area (Å²) in [6.45, 7) is 2.09. The molecule has 12 heteroatoms. The molecule has 0 saturated heterocycles. The summed E-state index contributed by atoms with van der Waals surface area (Å²) in [6.07, 6.45) is 11.3. The van der Waals surface area contributed by atoms with Gasteiger partial charge in [-0.1, -0.05) is 24.3 Å². The van der Waals surface area contributed by atoms with Gasteiger partial charge in [0.1, 0.15) is 0 Å². The number of hydrogen-bond donors (Lipinski definition) is 8. The van der Waals surface area contributed by atoms with Crippen molar-refractivity contribution in [3.63, 3.8) is 0 Å². The van der Waals surface area contributed by atoms with Gasteiger partial charge >= 0.3 is 0 Å². The molecule has 0 radical (unpaired) electrons. The summed E-state index contributed by atoms with van der Waals surface area (Å²) in [5, 5.41) is 35.9. The fraction of sp³-hybridized carbons (Fsp3) is 0.250. The first-order valence-electron chi connectivity index (χ1n) is 13.7. The molecule has 0 fully saturated rings. The maximum Gasteiger partial charge on any atom is 0.225 e. The van der Waals surface area contributed by atoms with Gasteiger partial charge in [-0.25, -0.2) is 0 Å². The van der Waals surface area contributed by atoms with Gasteiger partial charge in [-0.2, -0.15) is 0 Å². The van der Waals surface area contributed by atoms with E-state index in [1.54, 1.807) is 24.3 Å². The standard InChI is InChI=1S/2C8H11NO2.2C8H9NO2/c4*9-4-3-6-1-2-7(10)8(11)5-6/h2*1-2,5,10-11H,3-4,9H2;2*1-2,5H,3-4,9H2. The van der Waals surface area contributed by atoms with Gasteiger partial charge in [0.25, 0.3) is 0 Å². The molecule has 0 unspecified atom stereocenters. The molecular formula is C32H40N4O8. The van der Waals surface area contributed by atoms with Crippen molar-refractivity contribution in [3.05, 3.63) is 95.1 Å². The minimum Gasteiger partial charge on any atom is -0.504 e. The summed E-state index contributed by atoms with van der Waals surface area (Å²) in [7, 11) is 0. The Morgan fingerprint density at radius 3 is 1.05 bits per heavy atom. The first-order chi connectivity index (χ1) is 20.9. The highest BCUT2D eigenvalue weighted by atomic mass is 16.3. The molecule has 12 nitrogen and oxygen atoms in total. The number of carbonyl (C=O) groups is 4. The number of hydrogen-bond acceptors (Lipinski definition) is 12. The van der Waals surface area contributed by atoms with E-state index < -0.39 is 23.1 Å². The lowest BCUT2D eigenvalue weighted by molar-refractivity contribution is -0.131. The summed E-state index contributed by atoms with van der Waals surface area (Å²) >= 11 is 0. The average molecular weight is 609 g/mol. The Morgan fingerprint density at radius 2 is 0.773 bits per heavy atom. The van der Waals surface area contributed by atoms with E-state index in [9.17, 15) is 19.2 Å². The van der Waals surface area contributed by atoms with Crippen molar-refractivity contribution in [2.75, 3.05) is 26.2 Å². The van der Waals surface area contributed by atoms with Crippen LogP contribution in [-0.2, 0) is 32.0 Å². The van der Waals surface area contributed by atoms with Crippen LogP contribution in [0.2, 0.25) is 0 Å². The number of benzene rings is 2. The van der Waals surface area contributed by atoms with E-state index >= 15 is 0 Å². The number of allylic oxidation sites excluding steroid dienone is 6. The number of phenols is 4. The summed E-state index contributed by atoms with van der Waals surface area (Å²) in [5.74, 6) is -2.16. The zero-order valence-corrected chi connectivity index (χ0v) is 24.3. The van der Waals surface area contributed by atoms with Gasteiger partial charge in [-0.15, -0.1) is 0 Å². The predicted octanol–water partition coefficient (Wildman–Crippen LogP) is 1.14. The molecule has 4 rings (SSSR count). The fourth-order valence-electron chi connectivity index (χ4n) is 3.53. The topological polar surface area (TPSA) is 253 Å². The number of phenolic OH excluding ortho intramolecular Hbond substituents is 4. The van der Waals surface area contributed by atoms with Gasteiger partial charge in [0.15, 0.2) is 23.0 Å². The van der Waals surface area contributed by atoms with Gasteiger partial charge in [0.2, 0.25) is 23.1 Å². The van der Waals surface area contributed by atoms with Crippen molar-refractivity contribution >= 4 is 23.1 Å². The zero-order valence-electron chi connectivity index (χ0n) is 24.3. The number of carbonyl (C=O) groups excluding carboxylic acids is 4. The molecule has 0 heterocycles. The van der Waals surface area contributed by atoms with Crippen LogP contribution in [0.3, 0.4) is 0 Å². The van der Waals surface area contributed by atoms with Gasteiger partial charge in [0, 0.05) is 0 Å². The Labute approximate surface area is 255 Å². The van der Waals surface area contributed by atoms with E-state index in [2.05, 4.69) is 0 Å². The van der Waals surface area contributed by atoms with E-state index in [4.69, 9.17) is 43.4 Å². The third-order valence-corrected chi connectivity index (χ3v) is 5.83. The second-order valence-corrected chi connectivity index (χ2v) is 9.36. The molecule has 44 heavy (non-hydrogen) atoms. The second kappa shape index (κ2) is 20.1. The molecule has 0 aliphatic heterocycles. The first kappa shape index (κ1) is 37.1. The quantitative estimate of drug-likeness (QED) is 0.119. The number of nitrogens with two attached hydrogens (primary N) is 4. The number of ketones is 4. The average Bonchev–Trinajstić information content (AvgIpc) is 2.98. The number of rotatable bonds is 8. The van der Waals surface area contributed by atoms with Gasteiger partial charge in [-0.3, -0.25) is 19.2 Å². The fourth-order valence-corrected chi connectivity index (χ4v) is 3.53. The minimum absolute atomic E-state index is 0.0871. The highest BCUT2D eigenvalue weighted by Crippen LogP contribution is 2.25. The highest BCUT2D eigenvalue weighted by molar-refractivity contribution is 6.47. The second-order valence-electron chi connectivity index (χ2n) is 9.36. The van der Waals surface area contributed by atoms with Crippen LogP contribution in [0.4, 0.5) is 0 Å². The molecule has 0 saturated carbocycles. The Hall–Kier alpha value is -4.88. The maximum absolute atomic E-state index is 10.8. The smallest absolute Gasteiger partial charge is 0.225 e. The van der Waals surface area contributed by atoms with Crippen LogP contribution >= 0.6 is 0 Å². The van der Waals surface area contributed by atoms with Gasteiger partial charge < -0.3 is 43.4 Å². The van der Waals surface area contributed by atoms with Crippen LogP contribution in [0.1, 0.15) is 24.0 Å². The van der Waals surface area contributed by atoms with Crippen LogP contribution < -0.4 is 22.9 Å². The Morgan fingerprint density at radius 1 is 0.432 bits per heavy atom. The third-order valence-electron chi connectivity index (χ3n) is 5.83. The number of aromatic hydroxyl groups is 4. The Bertz CT molecular complexity index is 1320. The van der Waals surface area contributed by atoms with Crippen molar-refractivity contribution in [3.8, 4) is 23.0 Å². The minimum atomic E-state index is -0.453. The van der Waals surface area contributed by atoms with Crippen LogP contribution in [0.25, 0.3) is 0 Å². The van der Waals surface area contributed by atoms with E-state index in [0.717, 1.165) is 22.3 Å². The molecule has 0 aromatic heterocycles. The molecule has 2 aromatic rings. The van der Waals surface area contributed by atoms with E-state index in [1.807, 2.05) is 0 Å². The van der Waals surface area contributed by atoms with Gasteiger partial charge in [-0.05, 0) is 123 Å². The molecule has 2 aliphatic carbocycles. The van der Waals surface area contributed by atoms with Crippen LogP contribution in [0.15, 0.2) is 84.0 Å². The summed E-state index contributed by atoms with van der Waals surface area (Å²) in [5.41, 5.74) is 24.7. The van der Waals surface area contributed by atoms with Crippen molar-refractivity contribution < 1.29 is 39.6 Å². The lowest BCUT2D eigenvalue weighted by atomic mass is 10.0. The molecular weight excluding hydrogens is 568 g/mol. The maximum atomic E-state index is 10.8. The highest BCUT2D eigenvalue weighted by Gasteiger charge is 2.13. The van der Waals surface area contributed by atoms with Crippen molar-refractivity contribution in [1.82, 2.24) is 0 Å². The lowest BCUT2D eigenvalue weighted by Crippen LogP contribution is -2.12. The molecule has 12 N–H and O–H groups in total. The summed E-state index contributed by atoms with van der Waals surface area (Å²) in [4.78, 5) is 42.8. The molecule has 0 bridgehead atoms. The molecule has 2 aromatic carbocycles. The Balaban J connectivity index is 0.000000293. The first-order valence-corrected chi connectivity index (χ1v) is 13.7. The van der Waals surface area contributed by atoms with Crippen LogP contribution in [0.5, 0.6) is 23.0 Å². The zero-order chi connectivity index (χ0) is 33.1. The molecule has 0 amide bonds. The van der Waals surface area contributed by atoms with Crippen molar-refractivity contribution in [2.24, 2.45) is 22.9 Å². The molecule has 2 aliphatic rings. The lowest BCUT2D eigenvalue weighted by Gasteiger charge is -2.02. The summed E-state index contributed by atoms with van der Waals surface area (Å²) < 4.78 is 0. The van der Waals surface area contributed by atoms with E-state index in [1.165, 1.54) is 48.6 Å². The SMILES string of the molecule is NCCC1=CC(=O)C(=O)C=C1.NCCC1=CC(=O)C(=O)C=C1.NCCc1ccc(O)c(O)c1.NCCc1ccc(O)c(O)c1. The van der Waals surface area contributed by atoms with Crippen molar-refractivity contribution in [1.29, 1.82) is 0 Å². The van der Waals surface area contributed by atoms with Crippen LogP contribution in [-0.4, -0.2) is 69.7 Å². The van der Waals surface area contributed by atoms with Crippen molar-refractivity contribution in [2.45, 2.75) is 25.7 Å².